The highest BCUT2D eigenvalue weighted by Crippen LogP contribution is 2.22. The molecule has 0 fully saturated rings. The Morgan fingerprint density at radius 2 is 2.33 bits per heavy atom. The molecule has 0 spiro atoms. The Balaban J connectivity index is 3.04. The molecule has 1 rings (SSSR count). The van der Waals surface area contributed by atoms with Crippen LogP contribution in [0.2, 0.25) is 5.02 Å². The van der Waals surface area contributed by atoms with E-state index < -0.39 is 0 Å². The van der Waals surface area contributed by atoms with Gasteiger partial charge in [-0.1, -0.05) is 16.8 Å². The highest BCUT2D eigenvalue weighted by molar-refractivity contribution is 6.33. The zero-order valence-corrected chi connectivity index (χ0v) is 5.99. The molecule has 0 saturated carbocycles. The molecule has 0 aliphatic rings. The van der Waals surface area contributed by atoms with E-state index in [0.29, 0.717) is 16.6 Å². The first-order valence-corrected chi connectivity index (χ1v) is 2.93. The topological polar surface area (TPSA) is 38.1 Å². The molecule has 9 heavy (non-hydrogen) atoms. The zero-order chi connectivity index (χ0) is 6.85. The molecule has 0 radical (unpaired) electrons. The first-order valence-electron chi connectivity index (χ1n) is 2.55. The van der Waals surface area contributed by atoms with Crippen LogP contribution in [-0.4, -0.2) is 12.2 Å². The van der Waals surface area contributed by atoms with Crippen molar-refractivity contribution in [3.05, 3.63) is 10.8 Å². The van der Waals surface area contributed by atoms with Crippen molar-refractivity contribution in [2.45, 2.75) is 6.92 Å². The largest absolute Gasteiger partial charge is 0.369 e. The average molecular weight is 147 g/mol. The smallest absolute Gasteiger partial charge is 0.188 e. The molecule has 0 amide bonds. The van der Waals surface area contributed by atoms with Crippen molar-refractivity contribution >= 4 is 17.4 Å². The Morgan fingerprint density at radius 1 is 1.67 bits per heavy atom. The van der Waals surface area contributed by atoms with Crippen LogP contribution in [0.4, 0.5) is 5.82 Å². The van der Waals surface area contributed by atoms with Crippen LogP contribution in [0.1, 0.15) is 5.76 Å². The van der Waals surface area contributed by atoms with Gasteiger partial charge < -0.3 is 9.84 Å². The predicted molar refractivity (Wildman–Crippen MR) is 35.8 cm³/mol. The van der Waals surface area contributed by atoms with Crippen molar-refractivity contribution in [1.82, 2.24) is 5.16 Å². The van der Waals surface area contributed by atoms with Gasteiger partial charge >= 0.3 is 0 Å². The predicted octanol–water partition coefficient (Wildman–Crippen LogP) is 1.68. The van der Waals surface area contributed by atoms with Gasteiger partial charge in [0.15, 0.2) is 11.6 Å². The molecule has 0 aromatic carbocycles. The summed E-state index contributed by atoms with van der Waals surface area (Å²) in [7, 11) is 1.74. The van der Waals surface area contributed by atoms with Crippen molar-refractivity contribution in [3.63, 3.8) is 0 Å². The third-order valence-electron chi connectivity index (χ3n) is 1.03. The van der Waals surface area contributed by atoms with E-state index in [-0.39, 0.29) is 0 Å². The van der Waals surface area contributed by atoms with E-state index in [1.807, 2.05) is 0 Å². The molecule has 1 aromatic rings. The Labute approximate surface area is 58.0 Å². The molecule has 3 nitrogen and oxygen atoms in total. The molecule has 1 N–H and O–H groups in total. The van der Waals surface area contributed by atoms with E-state index in [1.165, 1.54) is 0 Å². The number of rotatable bonds is 1. The molecule has 50 valence electrons. The van der Waals surface area contributed by atoms with Gasteiger partial charge in [0.25, 0.3) is 0 Å². The second-order valence-corrected chi connectivity index (χ2v) is 2.03. The van der Waals surface area contributed by atoms with Crippen LogP contribution in [0.15, 0.2) is 4.52 Å². The van der Waals surface area contributed by atoms with Gasteiger partial charge in [-0.05, 0) is 6.92 Å². The van der Waals surface area contributed by atoms with Crippen molar-refractivity contribution in [1.29, 1.82) is 0 Å². The summed E-state index contributed by atoms with van der Waals surface area (Å²) in [6, 6.07) is 0. The number of hydrogen-bond donors (Lipinski definition) is 1. The monoisotopic (exact) mass is 146 g/mol. The van der Waals surface area contributed by atoms with Crippen LogP contribution >= 0.6 is 11.6 Å². The summed E-state index contributed by atoms with van der Waals surface area (Å²) in [6.07, 6.45) is 0. The number of aromatic nitrogens is 1. The lowest BCUT2D eigenvalue weighted by atomic mass is 10.5. The fraction of sp³-hybridized carbons (Fsp3) is 0.400. The van der Waals surface area contributed by atoms with Crippen LogP contribution < -0.4 is 5.32 Å². The molecule has 4 heteroatoms. The van der Waals surface area contributed by atoms with Gasteiger partial charge in [-0.3, -0.25) is 0 Å². The molecule has 0 unspecified atom stereocenters. The number of hydrogen-bond acceptors (Lipinski definition) is 3. The van der Waals surface area contributed by atoms with Gasteiger partial charge in [0.2, 0.25) is 0 Å². The summed E-state index contributed by atoms with van der Waals surface area (Å²) in [4.78, 5) is 0. The standard InChI is InChI=1S/C5H7ClN2O/c1-3-4(6)5(7-2)8-9-3/h1-2H3,(H,7,8). The lowest BCUT2D eigenvalue weighted by Crippen LogP contribution is -1.86. The normalized spacial score (nSPS) is 9.67. The minimum Gasteiger partial charge on any atom is -0.369 e. The van der Waals surface area contributed by atoms with Crippen molar-refractivity contribution in [3.8, 4) is 0 Å². The number of aryl methyl sites for hydroxylation is 1. The SMILES string of the molecule is CNc1noc(C)c1Cl. The van der Waals surface area contributed by atoms with Crippen LogP contribution in [0.5, 0.6) is 0 Å². The van der Waals surface area contributed by atoms with E-state index in [0.717, 1.165) is 0 Å². The third kappa shape index (κ3) is 1.00. The summed E-state index contributed by atoms with van der Waals surface area (Å²) in [5.41, 5.74) is 0. The number of nitrogens with one attached hydrogen (secondary N) is 1. The molecule has 0 aliphatic carbocycles. The first-order chi connectivity index (χ1) is 4.25. The Bertz CT molecular complexity index is 209. The van der Waals surface area contributed by atoms with Crippen LogP contribution in [0.3, 0.4) is 0 Å². The quantitative estimate of drug-likeness (QED) is 0.655. The molecule has 1 aromatic heterocycles. The molecule has 1 heterocycles. The van der Waals surface area contributed by atoms with Crippen LogP contribution in [0.25, 0.3) is 0 Å². The maximum Gasteiger partial charge on any atom is 0.188 e. The van der Waals surface area contributed by atoms with Crippen molar-refractivity contribution in [2.75, 3.05) is 12.4 Å². The fourth-order valence-corrected chi connectivity index (χ4v) is 0.680. The van der Waals surface area contributed by atoms with Gasteiger partial charge in [0.05, 0.1) is 0 Å². The highest BCUT2D eigenvalue weighted by Gasteiger charge is 2.06. The van der Waals surface area contributed by atoms with Crippen molar-refractivity contribution in [2.24, 2.45) is 0 Å². The first kappa shape index (κ1) is 6.42. The van der Waals surface area contributed by atoms with Crippen molar-refractivity contribution < 1.29 is 4.52 Å². The maximum absolute atomic E-state index is 5.69. The number of anilines is 1. The van der Waals surface area contributed by atoms with E-state index in [2.05, 4.69) is 10.5 Å². The van der Waals surface area contributed by atoms with Crippen LogP contribution in [-0.2, 0) is 0 Å². The van der Waals surface area contributed by atoms with E-state index in [9.17, 15) is 0 Å². The maximum atomic E-state index is 5.69. The Kier molecular flexibility index (Phi) is 1.62. The molecular formula is C5H7ClN2O. The highest BCUT2D eigenvalue weighted by atomic mass is 35.5. The van der Waals surface area contributed by atoms with E-state index in [1.54, 1.807) is 14.0 Å². The Hall–Kier alpha value is -0.700. The van der Waals surface area contributed by atoms with Gasteiger partial charge in [-0.25, -0.2) is 0 Å². The second kappa shape index (κ2) is 2.27. The number of nitrogens with zero attached hydrogens (tertiary/aromatic N) is 1. The van der Waals surface area contributed by atoms with Crippen LogP contribution in [0, 0.1) is 6.92 Å². The zero-order valence-electron chi connectivity index (χ0n) is 5.23. The lowest BCUT2D eigenvalue weighted by Gasteiger charge is -1.87. The summed E-state index contributed by atoms with van der Waals surface area (Å²) in [5, 5.41) is 6.95. The van der Waals surface area contributed by atoms with E-state index >= 15 is 0 Å². The van der Waals surface area contributed by atoms with E-state index in [4.69, 9.17) is 16.1 Å². The minimum atomic E-state index is 0.553. The van der Waals surface area contributed by atoms with Gasteiger partial charge in [0.1, 0.15) is 5.02 Å². The minimum absolute atomic E-state index is 0.553. The van der Waals surface area contributed by atoms with Gasteiger partial charge in [0, 0.05) is 7.05 Å². The second-order valence-electron chi connectivity index (χ2n) is 1.65. The van der Waals surface area contributed by atoms with Gasteiger partial charge in [-0.15, -0.1) is 0 Å². The molecular weight excluding hydrogens is 140 g/mol. The van der Waals surface area contributed by atoms with Gasteiger partial charge in [-0.2, -0.15) is 0 Å². The Morgan fingerprint density at radius 3 is 2.56 bits per heavy atom. The molecule has 0 saturated heterocycles. The third-order valence-corrected chi connectivity index (χ3v) is 1.47. The molecule has 0 atom stereocenters. The average Bonchev–Trinajstić information content (AvgIpc) is 2.15. The summed E-state index contributed by atoms with van der Waals surface area (Å²) in [5.74, 6) is 1.23. The summed E-state index contributed by atoms with van der Waals surface area (Å²) in [6.45, 7) is 1.76. The molecule has 0 aliphatic heterocycles. The summed E-state index contributed by atoms with van der Waals surface area (Å²) < 4.78 is 4.74. The molecule has 0 bridgehead atoms. The number of halogens is 1. The summed E-state index contributed by atoms with van der Waals surface area (Å²) >= 11 is 5.69. The fourth-order valence-electron chi connectivity index (χ4n) is 0.516. The lowest BCUT2D eigenvalue weighted by molar-refractivity contribution is 0.400.